The number of aromatic amines is 1. The van der Waals surface area contributed by atoms with Crippen LogP contribution in [0.15, 0.2) is 12.5 Å². The number of hydrogen-bond donors (Lipinski definition) is 2. The summed E-state index contributed by atoms with van der Waals surface area (Å²) in [5.74, 6) is -0.132. The number of carbonyl (C=O) groups is 1. The number of H-pyrrole nitrogens is 1. The molecule has 0 saturated carbocycles. The molecule has 0 atom stereocenters. The van der Waals surface area contributed by atoms with E-state index >= 15 is 0 Å². The maximum atomic E-state index is 11.6. The molecule has 17 heavy (non-hydrogen) atoms. The molecule has 2 N–H and O–H groups in total. The van der Waals surface area contributed by atoms with Gasteiger partial charge in [0.1, 0.15) is 5.69 Å². The minimum Gasteiger partial charge on any atom is -0.350 e. The SMILES string of the molecule is Cc1nc(CCNC(=O)c2cnc[nH]2)sc1C. The molecule has 5 nitrogen and oxygen atoms in total. The van der Waals surface area contributed by atoms with E-state index in [1.807, 2.05) is 6.92 Å². The summed E-state index contributed by atoms with van der Waals surface area (Å²) in [5, 5.41) is 3.88. The topological polar surface area (TPSA) is 70.7 Å². The molecule has 0 unspecified atom stereocenters. The van der Waals surface area contributed by atoms with Gasteiger partial charge in [-0.05, 0) is 13.8 Å². The van der Waals surface area contributed by atoms with Crippen LogP contribution in [0.2, 0.25) is 0 Å². The summed E-state index contributed by atoms with van der Waals surface area (Å²) < 4.78 is 0. The second kappa shape index (κ2) is 5.09. The van der Waals surface area contributed by atoms with Crippen LogP contribution in [0.3, 0.4) is 0 Å². The molecule has 2 rings (SSSR count). The van der Waals surface area contributed by atoms with Gasteiger partial charge in [0.2, 0.25) is 0 Å². The number of rotatable bonds is 4. The van der Waals surface area contributed by atoms with Crippen molar-refractivity contribution in [3.8, 4) is 0 Å². The van der Waals surface area contributed by atoms with E-state index in [9.17, 15) is 4.79 Å². The van der Waals surface area contributed by atoms with Crippen molar-refractivity contribution in [3.05, 3.63) is 33.8 Å². The molecule has 2 heterocycles. The predicted molar refractivity (Wildman–Crippen MR) is 66.2 cm³/mol. The molecule has 0 radical (unpaired) electrons. The fourth-order valence-corrected chi connectivity index (χ4v) is 2.34. The Bertz CT molecular complexity index is 484. The van der Waals surface area contributed by atoms with E-state index in [0.29, 0.717) is 12.2 Å². The third-order valence-electron chi connectivity index (χ3n) is 2.44. The van der Waals surface area contributed by atoms with Crippen LogP contribution in [-0.2, 0) is 6.42 Å². The average molecular weight is 250 g/mol. The monoisotopic (exact) mass is 250 g/mol. The molecule has 0 aliphatic heterocycles. The Kier molecular flexibility index (Phi) is 3.53. The van der Waals surface area contributed by atoms with Gasteiger partial charge in [-0.1, -0.05) is 0 Å². The van der Waals surface area contributed by atoms with Crippen molar-refractivity contribution in [2.24, 2.45) is 0 Å². The molecular weight excluding hydrogens is 236 g/mol. The second-order valence-corrected chi connectivity index (χ2v) is 5.01. The number of nitrogens with zero attached hydrogens (tertiary/aromatic N) is 2. The first kappa shape index (κ1) is 11.8. The number of thiazole rings is 1. The van der Waals surface area contributed by atoms with Crippen LogP contribution in [0.25, 0.3) is 0 Å². The highest BCUT2D eigenvalue weighted by Crippen LogP contribution is 2.16. The third kappa shape index (κ3) is 2.91. The van der Waals surface area contributed by atoms with Crippen LogP contribution in [0.4, 0.5) is 0 Å². The Balaban J connectivity index is 1.82. The number of hydrogen-bond acceptors (Lipinski definition) is 4. The van der Waals surface area contributed by atoms with Crippen molar-refractivity contribution in [1.82, 2.24) is 20.3 Å². The molecule has 6 heteroatoms. The normalized spacial score (nSPS) is 10.5. The van der Waals surface area contributed by atoms with E-state index in [4.69, 9.17) is 0 Å². The second-order valence-electron chi connectivity index (χ2n) is 3.72. The van der Waals surface area contributed by atoms with E-state index in [2.05, 4.69) is 27.2 Å². The summed E-state index contributed by atoms with van der Waals surface area (Å²) in [5.41, 5.74) is 1.56. The Labute approximate surface area is 103 Å². The standard InChI is InChI=1S/C11H14N4OS/c1-7-8(2)17-10(15-7)3-4-13-11(16)9-5-12-6-14-9/h5-6H,3-4H2,1-2H3,(H,12,14)(H,13,16). The minimum atomic E-state index is -0.132. The number of carbonyl (C=O) groups excluding carboxylic acids is 1. The van der Waals surface area contributed by atoms with Crippen molar-refractivity contribution in [3.63, 3.8) is 0 Å². The smallest absolute Gasteiger partial charge is 0.269 e. The lowest BCUT2D eigenvalue weighted by atomic mass is 10.4. The zero-order valence-electron chi connectivity index (χ0n) is 9.78. The van der Waals surface area contributed by atoms with Gasteiger partial charge in [-0.25, -0.2) is 9.97 Å². The first-order valence-corrected chi connectivity index (χ1v) is 6.18. The Morgan fingerprint density at radius 1 is 1.53 bits per heavy atom. The van der Waals surface area contributed by atoms with Crippen LogP contribution in [0, 0.1) is 13.8 Å². The highest BCUT2D eigenvalue weighted by atomic mass is 32.1. The van der Waals surface area contributed by atoms with Crippen molar-refractivity contribution in [2.75, 3.05) is 6.54 Å². The molecule has 0 bridgehead atoms. The number of imidazole rings is 1. The van der Waals surface area contributed by atoms with Gasteiger partial charge in [-0.2, -0.15) is 0 Å². The molecule has 0 aliphatic rings. The van der Waals surface area contributed by atoms with Crippen molar-refractivity contribution < 1.29 is 4.79 Å². The number of nitrogens with one attached hydrogen (secondary N) is 2. The van der Waals surface area contributed by atoms with Crippen molar-refractivity contribution in [2.45, 2.75) is 20.3 Å². The molecule has 90 valence electrons. The molecule has 2 aromatic rings. The summed E-state index contributed by atoms with van der Waals surface area (Å²) >= 11 is 1.68. The lowest BCUT2D eigenvalue weighted by Crippen LogP contribution is -2.25. The van der Waals surface area contributed by atoms with E-state index in [1.54, 1.807) is 11.3 Å². The highest BCUT2D eigenvalue weighted by molar-refractivity contribution is 7.11. The van der Waals surface area contributed by atoms with Gasteiger partial charge in [0, 0.05) is 17.8 Å². The van der Waals surface area contributed by atoms with Gasteiger partial charge in [0.25, 0.3) is 5.91 Å². The van der Waals surface area contributed by atoms with E-state index in [1.165, 1.54) is 17.4 Å². The number of aromatic nitrogens is 3. The summed E-state index contributed by atoms with van der Waals surface area (Å²) in [6.07, 6.45) is 3.76. The van der Waals surface area contributed by atoms with Crippen LogP contribution in [-0.4, -0.2) is 27.4 Å². The van der Waals surface area contributed by atoms with Gasteiger partial charge in [-0.15, -0.1) is 11.3 Å². The van der Waals surface area contributed by atoms with Crippen LogP contribution >= 0.6 is 11.3 Å². The molecule has 0 spiro atoms. The fraction of sp³-hybridized carbons (Fsp3) is 0.364. The lowest BCUT2D eigenvalue weighted by molar-refractivity contribution is 0.0949. The van der Waals surface area contributed by atoms with E-state index in [-0.39, 0.29) is 5.91 Å². The molecule has 1 amide bonds. The van der Waals surface area contributed by atoms with E-state index < -0.39 is 0 Å². The zero-order valence-corrected chi connectivity index (χ0v) is 10.6. The minimum absolute atomic E-state index is 0.132. The molecule has 0 saturated heterocycles. The van der Waals surface area contributed by atoms with E-state index in [0.717, 1.165) is 17.1 Å². The van der Waals surface area contributed by atoms with Crippen molar-refractivity contribution in [1.29, 1.82) is 0 Å². The summed E-state index contributed by atoms with van der Waals surface area (Å²) in [4.78, 5) is 23.8. The molecular formula is C11H14N4OS. The molecule has 0 aromatic carbocycles. The quantitative estimate of drug-likeness (QED) is 0.863. The van der Waals surface area contributed by atoms with Gasteiger partial charge >= 0.3 is 0 Å². The van der Waals surface area contributed by atoms with Gasteiger partial charge < -0.3 is 10.3 Å². The number of aryl methyl sites for hydroxylation is 2. The Morgan fingerprint density at radius 3 is 2.94 bits per heavy atom. The maximum absolute atomic E-state index is 11.6. The van der Waals surface area contributed by atoms with Gasteiger partial charge in [-0.3, -0.25) is 4.79 Å². The fourth-order valence-electron chi connectivity index (χ4n) is 1.40. The van der Waals surface area contributed by atoms with Crippen LogP contribution in [0.5, 0.6) is 0 Å². The summed E-state index contributed by atoms with van der Waals surface area (Å²) in [7, 11) is 0. The van der Waals surface area contributed by atoms with Crippen LogP contribution < -0.4 is 5.32 Å². The van der Waals surface area contributed by atoms with Gasteiger partial charge in [0.15, 0.2) is 0 Å². The first-order valence-electron chi connectivity index (χ1n) is 5.36. The largest absolute Gasteiger partial charge is 0.350 e. The Hall–Kier alpha value is -1.69. The highest BCUT2D eigenvalue weighted by Gasteiger charge is 2.07. The third-order valence-corrected chi connectivity index (χ3v) is 3.57. The maximum Gasteiger partial charge on any atom is 0.269 e. The molecule has 0 fully saturated rings. The summed E-state index contributed by atoms with van der Waals surface area (Å²) in [6.45, 7) is 4.64. The van der Waals surface area contributed by atoms with Crippen LogP contribution in [0.1, 0.15) is 26.1 Å². The first-order chi connectivity index (χ1) is 8.16. The van der Waals surface area contributed by atoms with Crippen molar-refractivity contribution >= 4 is 17.2 Å². The average Bonchev–Trinajstić information content (AvgIpc) is 2.90. The Morgan fingerprint density at radius 2 is 2.35 bits per heavy atom. The number of amides is 1. The molecule has 0 aliphatic carbocycles. The molecule has 2 aromatic heterocycles. The van der Waals surface area contributed by atoms with Gasteiger partial charge in [0.05, 0.1) is 23.2 Å². The zero-order chi connectivity index (χ0) is 12.3. The predicted octanol–water partition coefficient (Wildman–Crippen LogP) is 1.46. The lowest BCUT2D eigenvalue weighted by Gasteiger charge is -2.00. The summed E-state index contributed by atoms with van der Waals surface area (Å²) in [6, 6.07) is 0.